The monoisotopic (exact) mass is 377 g/mol. The number of amides is 1. The zero-order valence-electron chi connectivity index (χ0n) is 12.5. The van der Waals surface area contributed by atoms with E-state index in [1.807, 2.05) is 37.3 Å². The van der Waals surface area contributed by atoms with Crippen LogP contribution in [0.5, 0.6) is 0 Å². The van der Waals surface area contributed by atoms with E-state index in [9.17, 15) is 14.7 Å². The fourth-order valence-electron chi connectivity index (χ4n) is 4.06. The zero-order chi connectivity index (χ0) is 16.4. The van der Waals surface area contributed by atoms with Gasteiger partial charge < -0.3 is 14.7 Å². The fourth-order valence-corrected chi connectivity index (χ4v) is 4.32. The van der Waals surface area contributed by atoms with Crippen molar-refractivity contribution in [3.8, 4) is 0 Å². The van der Waals surface area contributed by atoms with Gasteiger partial charge in [0.15, 0.2) is 0 Å². The average molecular weight is 378 g/mol. The first kappa shape index (κ1) is 14.9. The minimum absolute atomic E-state index is 0.124. The van der Waals surface area contributed by atoms with Gasteiger partial charge in [0.1, 0.15) is 11.5 Å². The highest BCUT2D eigenvalue weighted by atomic mass is 79.9. The molecule has 6 heteroatoms. The summed E-state index contributed by atoms with van der Waals surface area (Å²) < 4.78 is 6.88. The van der Waals surface area contributed by atoms with Crippen molar-refractivity contribution in [3.05, 3.63) is 46.5 Å². The van der Waals surface area contributed by atoms with Crippen molar-refractivity contribution in [1.29, 1.82) is 0 Å². The Morgan fingerprint density at radius 1 is 1.43 bits per heavy atom. The quantitative estimate of drug-likeness (QED) is 0.821. The van der Waals surface area contributed by atoms with Gasteiger partial charge in [-0.3, -0.25) is 9.59 Å². The maximum absolute atomic E-state index is 12.9. The van der Waals surface area contributed by atoms with E-state index in [0.29, 0.717) is 6.54 Å². The van der Waals surface area contributed by atoms with Gasteiger partial charge in [-0.25, -0.2) is 0 Å². The van der Waals surface area contributed by atoms with Crippen molar-refractivity contribution in [2.24, 2.45) is 11.8 Å². The van der Waals surface area contributed by atoms with E-state index in [0.717, 1.165) is 10.0 Å². The first-order chi connectivity index (χ1) is 10.9. The Kier molecular flexibility index (Phi) is 3.19. The Balaban J connectivity index is 1.66. The number of carbonyl (C=O) groups excluding carboxylic acids is 1. The van der Waals surface area contributed by atoms with Gasteiger partial charge in [-0.05, 0) is 24.6 Å². The lowest BCUT2D eigenvalue weighted by Gasteiger charge is -2.27. The van der Waals surface area contributed by atoms with Crippen molar-refractivity contribution in [1.82, 2.24) is 4.90 Å². The van der Waals surface area contributed by atoms with Gasteiger partial charge in [-0.1, -0.05) is 40.2 Å². The summed E-state index contributed by atoms with van der Waals surface area (Å²) in [6, 6.07) is 7.69. The molecule has 3 heterocycles. The average Bonchev–Trinajstić information content (AvgIpc) is 3.15. The standard InChI is InChI=1S/C17H16BrNO4/c1-9(10-2-4-11(18)5-3-10)19-8-17-7-6-12(23-17)13(16(21)22)14(17)15(19)20/h2-7,9,12-14H,8H2,1H3,(H,21,22)/t9?,12-,13?,14+,17-/m1/s1. The van der Waals surface area contributed by atoms with E-state index in [1.54, 1.807) is 11.0 Å². The van der Waals surface area contributed by atoms with Gasteiger partial charge in [0.25, 0.3) is 0 Å². The second-order valence-electron chi connectivity index (χ2n) is 6.43. The second-order valence-corrected chi connectivity index (χ2v) is 7.35. The number of hydrogen-bond acceptors (Lipinski definition) is 3. The number of likely N-dealkylation sites (tertiary alicyclic amines) is 1. The number of aliphatic carboxylic acids is 1. The Labute approximate surface area is 142 Å². The SMILES string of the molecule is CC(c1ccc(Br)cc1)N1C[C@@]23C=C[C@@H](O2)C(C(=O)O)[C@H]3C1=O. The Morgan fingerprint density at radius 3 is 2.78 bits per heavy atom. The molecule has 0 aromatic heterocycles. The smallest absolute Gasteiger partial charge is 0.310 e. The number of carboxylic acids is 1. The number of rotatable bonds is 3. The van der Waals surface area contributed by atoms with E-state index in [4.69, 9.17) is 4.74 Å². The van der Waals surface area contributed by atoms with Gasteiger partial charge in [0, 0.05) is 4.47 Å². The number of carboxylic acid groups (broad SMARTS) is 1. The van der Waals surface area contributed by atoms with Crippen LogP contribution < -0.4 is 0 Å². The van der Waals surface area contributed by atoms with Crippen LogP contribution >= 0.6 is 15.9 Å². The zero-order valence-corrected chi connectivity index (χ0v) is 14.1. The molecular formula is C17H16BrNO4. The number of benzene rings is 1. The second kappa shape index (κ2) is 4.92. The molecule has 1 spiro atoms. The third-order valence-corrected chi connectivity index (χ3v) is 5.76. The van der Waals surface area contributed by atoms with Gasteiger partial charge >= 0.3 is 5.97 Å². The van der Waals surface area contributed by atoms with E-state index in [2.05, 4.69) is 15.9 Å². The molecule has 120 valence electrons. The van der Waals surface area contributed by atoms with Crippen LogP contribution in [0.15, 0.2) is 40.9 Å². The lowest BCUT2D eigenvalue weighted by Crippen LogP contribution is -2.39. The maximum atomic E-state index is 12.9. The summed E-state index contributed by atoms with van der Waals surface area (Å²) in [7, 11) is 0. The summed E-state index contributed by atoms with van der Waals surface area (Å²) >= 11 is 3.40. The molecular weight excluding hydrogens is 362 g/mol. The largest absolute Gasteiger partial charge is 0.481 e. The van der Waals surface area contributed by atoms with Crippen LogP contribution in [0.3, 0.4) is 0 Å². The minimum Gasteiger partial charge on any atom is -0.481 e. The molecule has 5 nitrogen and oxygen atoms in total. The molecule has 23 heavy (non-hydrogen) atoms. The van der Waals surface area contributed by atoms with Crippen LogP contribution in [0, 0.1) is 11.8 Å². The molecule has 0 radical (unpaired) electrons. The predicted octanol–water partition coefficient (Wildman–Crippen LogP) is 2.38. The molecule has 1 N–H and O–H groups in total. The summed E-state index contributed by atoms with van der Waals surface area (Å²) in [6.45, 7) is 2.37. The number of halogens is 1. The van der Waals surface area contributed by atoms with E-state index in [1.165, 1.54) is 0 Å². The summed E-state index contributed by atoms with van der Waals surface area (Å²) in [4.78, 5) is 26.2. The van der Waals surface area contributed by atoms with Gasteiger partial charge in [0.2, 0.25) is 5.91 Å². The molecule has 4 rings (SSSR count). The van der Waals surface area contributed by atoms with Crippen molar-refractivity contribution < 1.29 is 19.4 Å². The molecule has 2 saturated heterocycles. The lowest BCUT2D eigenvalue weighted by atomic mass is 9.77. The molecule has 2 bridgehead atoms. The third-order valence-electron chi connectivity index (χ3n) is 5.23. The Morgan fingerprint density at radius 2 is 2.13 bits per heavy atom. The lowest BCUT2D eigenvalue weighted by molar-refractivity contribution is -0.148. The topological polar surface area (TPSA) is 66.8 Å². The van der Waals surface area contributed by atoms with Crippen molar-refractivity contribution >= 4 is 27.8 Å². The third kappa shape index (κ3) is 2.01. The number of ether oxygens (including phenoxy) is 1. The van der Waals surface area contributed by atoms with Crippen LogP contribution in [-0.4, -0.2) is 40.1 Å². The van der Waals surface area contributed by atoms with Crippen LogP contribution in [0.1, 0.15) is 18.5 Å². The summed E-state index contributed by atoms with van der Waals surface area (Å²) in [5.41, 5.74) is 0.248. The first-order valence-corrected chi connectivity index (χ1v) is 8.38. The Bertz CT molecular complexity index is 716. The highest BCUT2D eigenvalue weighted by Gasteiger charge is 2.67. The van der Waals surface area contributed by atoms with Gasteiger partial charge in [-0.15, -0.1) is 0 Å². The Hall–Kier alpha value is -1.66. The highest BCUT2D eigenvalue weighted by molar-refractivity contribution is 9.10. The molecule has 0 saturated carbocycles. The van der Waals surface area contributed by atoms with Crippen molar-refractivity contribution in [2.75, 3.05) is 6.54 Å². The molecule has 1 aromatic carbocycles. The predicted molar refractivity (Wildman–Crippen MR) is 85.6 cm³/mol. The molecule has 1 aromatic rings. The number of fused-ring (bicyclic) bond motifs is 1. The maximum Gasteiger partial charge on any atom is 0.310 e. The fraction of sp³-hybridized carbons (Fsp3) is 0.412. The van der Waals surface area contributed by atoms with Crippen LogP contribution in [-0.2, 0) is 14.3 Å². The molecule has 1 amide bonds. The van der Waals surface area contributed by atoms with E-state index in [-0.39, 0.29) is 11.9 Å². The highest BCUT2D eigenvalue weighted by Crippen LogP contribution is 2.53. The van der Waals surface area contributed by atoms with Crippen LogP contribution in [0.25, 0.3) is 0 Å². The van der Waals surface area contributed by atoms with E-state index >= 15 is 0 Å². The number of carbonyl (C=O) groups is 2. The normalized spacial score (nSPS) is 35.7. The van der Waals surface area contributed by atoms with Crippen molar-refractivity contribution in [2.45, 2.75) is 24.7 Å². The van der Waals surface area contributed by atoms with Crippen molar-refractivity contribution in [3.63, 3.8) is 0 Å². The number of hydrogen-bond donors (Lipinski definition) is 1. The minimum atomic E-state index is -0.960. The first-order valence-electron chi connectivity index (χ1n) is 7.59. The number of nitrogens with zero attached hydrogens (tertiary/aromatic N) is 1. The van der Waals surface area contributed by atoms with Gasteiger partial charge in [0.05, 0.1) is 24.6 Å². The molecule has 0 aliphatic carbocycles. The molecule has 2 fully saturated rings. The summed E-state index contributed by atoms with van der Waals surface area (Å²) in [5, 5.41) is 9.48. The molecule has 2 unspecified atom stereocenters. The van der Waals surface area contributed by atoms with E-state index < -0.39 is 29.5 Å². The van der Waals surface area contributed by atoms with Gasteiger partial charge in [-0.2, -0.15) is 0 Å². The molecule has 5 atom stereocenters. The summed E-state index contributed by atoms with van der Waals surface area (Å²) in [5.74, 6) is -2.49. The van der Waals surface area contributed by atoms with Crippen LogP contribution in [0.4, 0.5) is 0 Å². The van der Waals surface area contributed by atoms with Crippen LogP contribution in [0.2, 0.25) is 0 Å². The molecule has 3 aliphatic rings. The summed E-state index contributed by atoms with van der Waals surface area (Å²) in [6.07, 6.45) is 3.19. The molecule has 3 aliphatic heterocycles.